The summed E-state index contributed by atoms with van der Waals surface area (Å²) in [5.74, 6) is 0.00270. The zero-order valence-corrected chi connectivity index (χ0v) is 12.7. The molecule has 0 radical (unpaired) electrons. The number of hydrogen-bond donors (Lipinski definition) is 2. The van der Waals surface area contributed by atoms with Crippen molar-refractivity contribution in [3.8, 4) is 5.75 Å². The summed E-state index contributed by atoms with van der Waals surface area (Å²) in [7, 11) is 1.47. The molecule has 1 amide bonds. The monoisotopic (exact) mass is 321 g/mol. The number of rotatable bonds is 4. The smallest absolute Gasteiger partial charge is 0.259 e. The van der Waals surface area contributed by atoms with Crippen LogP contribution in [0.25, 0.3) is 0 Å². The molecule has 0 aliphatic heterocycles. The van der Waals surface area contributed by atoms with Gasteiger partial charge in [0.15, 0.2) is 0 Å². The molecule has 1 aromatic heterocycles. The number of carbonyl (C=O) groups is 1. The number of hydrogen-bond acceptors (Lipinski definition) is 4. The molecule has 2 aromatic rings. The van der Waals surface area contributed by atoms with Gasteiger partial charge in [-0.1, -0.05) is 23.8 Å². The Morgan fingerprint density at radius 3 is 2.81 bits per heavy atom. The average molecular weight is 322 g/mol. The van der Waals surface area contributed by atoms with Crippen LogP contribution < -0.4 is 15.8 Å². The van der Waals surface area contributed by atoms with Crippen LogP contribution in [0.2, 0.25) is 5.02 Å². The number of carbonyl (C=O) groups excluding carboxylic acids is 1. The molecule has 0 aliphatic rings. The summed E-state index contributed by atoms with van der Waals surface area (Å²) in [6.07, 6.45) is 2.96. The molecular formula is C14H12ClN3O2S. The number of amides is 1. The number of thiocarbonyl (C=S) groups is 1. The van der Waals surface area contributed by atoms with E-state index in [9.17, 15) is 4.79 Å². The highest BCUT2D eigenvalue weighted by Crippen LogP contribution is 2.23. The van der Waals surface area contributed by atoms with Gasteiger partial charge in [0, 0.05) is 16.8 Å². The van der Waals surface area contributed by atoms with E-state index >= 15 is 0 Å². The lowest BCUT2D eigenvalue weighted by Crippen LogP contribution is -2.18. The number of methoxy groups -OCH3 is 1. The summed E-state index contributed by atoms with van der Waals surface area (Å²) >= 11 is 10.9. The highest BCUT2D eigenvalue weighted by molar-refractivity contribution is 7.80. The number of pyridine rings is 1. The Morgan fingerprint density at radius 1 is 1.38 bits per heavy atom. The van der Waals surface area contributed by atoms with E-state index in [0.717, 1.165) is 0 Å². The molecule has 0 spiro atoms. The van der Waals surface area contributed by atoms with E-state index in [0.29, 0.717) is 27.6 Å². The lowest BCUT2D eigenvalue weighted by Gasteiger charge is -2.12. The van der Waals surface area contributed by atoms with Gasteiger partial charge in [-0.15, -0.1) is 0 Å². The third-order valence-corrected chi connectivity index (χ3v) is 3.20. The number of benzene rings is 1. The maximum Gasteiger partial charge on any atom is 0.259 e. The van der Waals surface area contributed by atoms with Crippen molar-refractivity contribution < 1.29 is 9.53 Å². The van der Waals surface area contributed by atoms with Crippen LogP contribution in [-0.4, -0.2) is 23.0 Å². The molecule has 2 rings (SSSR count). The van der Waals surface area contributed by atoms with Crippen molar-refractivity contribution in [2.24, 2.45) is 5.73 Å². The fourth-order valence-electron chi connectivity index (χ4n) is 1.75. The van der Waals surface area contributed by atoms with Gasteiger partial charge in [0.05, 0.1) is 24.6 Å². The van der Waals surface area contributed by atoms with Crippen LogP contribution in [0.15, 0.2) is 36.7 Å². The predicted molar refractivity (Wildman–Crippen MR) is 86.1 cm³/mol. The van der Waals surface area contributed by atoms with E-state index in [1.165, 1.54) is 19.5 Å². The minimum Gasteiger partial charge on any atom is -0.494 e. The van der Waals surface area contributed by atoms with Crippen LogP contribution in [-0.2, 0) is 0 Å². The van der Waals surface area contributed by atoms with Crippen LogP contribution in [0.5, 0.6) is 5.75 Å². The fraction of sp³-hybridized carbons (Fsp3) is 0.0714. The van der Waals surface area contributed by atoms with E-state index in [2.05, 4.69) is 10.3 Å². The molecule has 108 valence electrons. The van der Waals surface area contributed by atoms with Crippen molar-refractivity contribution in [2.45, 2.75) is 0 Å². The summed E-state index contributed by atoms with van der Waals surface area (Å²) in [6, 6.07) is 6.45. The molecule has 0 aliphatic carbocycles. The zero-order chi connectivity index (χ0) is 15.4. The van der Waals surface area contributed by atoms with Gasteiger partial charge in [-0.3, -0.25) is 9.78 Å². The second-order valence-corrected chi connectivity index (χ2v) is 4.96. The van der Waals surface area contributed by atoms with Gasteiger partial charge < -0.3 is 15.8 Å². The molecule has 0 saturated carbocycles. The number of nitrogens with two attached hydrogens (primary N) is 1. The van der Waals surface area contributed by atoms with E-state index in [1.807, 2.05) is 0 Å². The minimum atomic E-state index is -0.367. The number of nitrogens with one attached hydrogen (secondary N) is 1. The quantitative estimate of drug-likeness (QED) is 0.846. The van der Waals surface area contributed by atoms with Gasteiger partial charge in [-0.25, -0.2) is 0 Å². The van der Waals surface area contributed by atoms with E-state index in [-0.39, 0.29) is 10.9 Å². The van der Waals surface area contributed by atoms with Crippen molar-refractivity contribution in [1.29, 1.82) is 0 Å². The molecule has 0 bridgehead atoms. The summed E-state index contributed by atoms with van der Waals surface area (Å²) < 4.78 is 5.11. The van der Waals surface area contributed by atoms with Crippen LogP contribution >= 0.6 is 23.8 Å². The summed E-state index contributed by atoms with van der Waals surface area (Å²) in [4.78, 5) is 16.4. The summed E-state index contributed by atoms with van der Waals surface area (Å²) in [5.41, 5.74) is 6.97. The third kappa shape index (κ3) is 3.48. The highest BCUT2D eigenvalue weighted by Gasteiger charge is 2.15. The van der Waals surface area contributed by atoms with Crippen molar-refractivity contribution in [1.82, 2.24) is 4.98 Å². The van der Waals surface area contributed by atoms with Crippen molar-refractivity contribution in [3.63, 3.8) is 0 Å². The van der Waals surface area contributed by atoms with Crippen LogP contribution in [0.1, 0.15) is 15.9 Å². The first-order chi connectivity index (χ1) is 10.0. The average Bonchev–Trinajstić information content (AvgIpc) is 2.46. The Balaban J connectivity index is 2.36. The zero-order valence-electron chi connectivity index (χ0n) is 11.1. The highest BCUT2D eigenvalue weighted by atomic mass is 35.5. The molecule has 5 nitrogen and oxygen atoms in total. The molecule has 0 fully saturated rings. The maximum atomic E-state index is 12.3. The largest absolute Gasteiger partial charge is 0.494 e. The second-order valence-electron chi connectivity index (χ2n) is 4.08. The minimum absolute atomic E-state index is 0.170. The van der Waals surface area contributed by atoms with Gasteiger partial charge in [0.25, 0.3) is 5.91 Å². The standard InChI is InChI=1S/C14H12ClN3O2S/c1-20-12-7-17-5-4-10(12)14(19)18-11-6-8(15)2-3-9(11)13(16)21/h2-7H,1H3,(H2,16,21)(H,18,19). The number of ether oxygens (including phenoxy) is 1. The number of anilines is 1. The molecule has 3 N–H and O–H groups in total. The van der Waals surface area contributed by atoms with E-state index < -0.39 is 0 Å². The van der Waals surface area contributed by atoms with Gasteiger partial charge in [0.1, 0.15) is 10.7 Å². The van der Waals surface area contributed by atoms with Crippen molar-refractivity contribution >= 4 is 40.4 Å². The maximum absolute atomic E-state index is 12.3. The topological polar surface area (TPSA) is 77.2 Å². The first-order valence-electron chi connectivity index (χ1n) is 5.91. The van der Waals surface area contributed by atoms with Gasteiger partial charge in [0.2, 0.25) is 0 Å². The Kier molecular flexibility index (Phi) is 4.72. The fourth-order valence-corrected chi connectivity index (χ4v) is 2.10. The normalized spacial score (nSPS) is 10.0. The van der Waals surface area contributed by atoms with Gasteiger partial charge in [-0.05, 0) is 24.3 Å². The lowest BCUT2D eigenvalue weighted by molar-refractivity contribution is 0.102. The van der Waals surface area contributed by atoms with Crippen LogP contribution in [0.3, 0.4) is 0 Å². The first-order valence-corrected chi connectivity index (χ1v) is 6.70. The molecule has 0 atom stereocenters. The predicted octanol–water partition coefficient (Wildman–Crippen LogP) is 2.63. The SMILES string of the molecule is COc1cnccc1C(=O)Nc1cc(Cl)ccc1C(N)=S. The Bertz CT molecular complexity index is 706. The Morgan fingerprint density at radius 2 is 2.14 bits per heavy atom. The number of nitrogens with zero attached hydrogens (tertiary/aromatic N) is 1. The summed E-state index contributed by atoms with van der Waals surface area (Å²) in [6.45, 7) is 0. The van der Waals surface area contributed by atoms with E-state index in [4.69, 9.17) is 34.3 Å². The van der Waals surface area contributed by atoms with Gasteiger partial charge >= 0.3 is 0 Å². The van der Waals surface area contributed by atoms with Gasteiger partial charge in [-0.2, -0.15) is 0 Å². The Hall–Kier alpha value is -2.18. The van der Waals surface area contributed by atoms with Crippen LogP contribution in [0, 0.1) is 0 Å². The summed E-state index contributed by atoms with van der Waals surface area (Å²) in [5, 5.41) is 3.19. The first kappa shape index (κ1) is 15.2. The molecule has 21 heavy (non-hydrogen) atoms. The Labute approximate surface area is 132 Å². The molecule has 7 heteroatoms. The second kappa shape index (κ2) is 6.51. The third-order valence-electron chi connectivity index (χ3n) is 2.74. The molecule has 1 aromatic carbocycles. The van der Waals surface area contributed by atoms with Crippen molar-refractivity contribution in [2.75, 3.05) is 12.4 Å². The molecular weight excluding hydrogens is 310 g/mol. The van der Waals surface area contributed by atoms with Crippen molar-refractivity contribution in [3.05, 3.63) is 52.8 Å². The van der Waals surface area contributed by atoms with Crippen LogP contribution in [0.4, 0.5) is 5.69 Å². The van der Waals surface area contributed by atoms with E-state index in [1.54, 1.807) is 24.3 Å². The molecule has 0 unspecified atom stereocenters. The number of halogens is 1. The number of aromatic nitrogens is 1. The lowest BCUT2D eigenvalue weighted by atomic mass is 10.1. The molecule has 0 saturated heterocycles. The molecule has 1 heterocycles.